The summed E-state index contributed by atoms with van der Waals surface area (Å²) in [7, 11) is 0. The highest BCUT2D eigenvalue weighted by Crippen LogP contribution is 2.33. The average molecular weight is 591 g/mol. The van der Waals surface area contributed by atoms with Gasteiger partial charge in [-0.15, -0.1) is 0 Å². The molecule has 43 heavy (non-hydrogen) atoms. The molecule has 2 aromatic carbocycles. The van der Waals surface area contributed by atoms with Gasteiger partial charge in [0.05, 0.1) is 6.54 Å². The third kappa shape index (κ3) is 10.7. The predicted molar refractivity (Wildman–Crippen MR) is 172 cm³/mol. The molecule has 9 nitrogen and oxygen atoms in total. The number of carbonyl (C=O) groups is 3. The number of carbonyl (C=O) groups excluding carboxylic acids is 3. The highest BCUT2D eigenvalue weighted by Gasteiger charge is 2.32. The Labute approximate surface area is 256 Å². The second kappa shape index (κ2) is 16.7. The average Bonchev–Trinajstić information content (AvgIpc) is 2.98. The molecule has 0 heterocycles. The third-order valence-corrected chi connectivity index (χ3v) is 8.03. The van der Waals surface area contributed by atoms with Crippen molar-refractivity contribution in [3.8, 4) is 0 Å². The first kappa shape index (κ1) is 33.6. The van der Waals surface area contributed by atoms with E-state index in [1.54, 1.807) is 24.3 Å². The highest BCUT2D eigenvalue weighted by atomic mass is 16.2. The van der Waals surface area contributed by atoms with Gasteiger partial charge in [-0.3, -0.25) is 14.4 Å². The van der Waals surface area contributed by atoms with Crippen molar-refractivity contribution in [2.24, 2.45) is 22.4 Å². The van der Waals surface area contributed by atoms with E-state index in [2.05, 4.69) is 52.1 Å². The number of aliphatic imine (C=N–C) groups is 1. The Morgan fingerprint density at radius 1 is 0.953 bits per heavy atom. The van der Waals surface area contributed by atoms with Gasteiger partial charge in [0.25, 0.3) is 5.91 Å². The van der Waals surface area contributed by atoms with Crippen LogP contribution in [0.1, 0.15) is 105 Å². The van der Waals surface area contributed by atoms with E-state index in [0.29, 0.717) is 24.9 Å². The Bertz CT molecular complexity index is 1240. The van der Waals surface area contributed by atoms with E-state index in [0.717, 1.165) is 44.1 Å². The molecule has 0 aromatic heterocycles. The molecular formula is C34H50N6O3. The lowest BCUT2D eigenvalue weighted by atomic mass is 9.79. The molecule has 3 amide bonds. The first-order valence-corrected chi connectivity index (χ1v) is 15.7. The Hall–Kier alpha value is -3.88. The van der Waals surface area contributed by atoms with Crippen LogP contribution in [0.2, 0.25) is 0 Å². The fourth-order valence-corrected chi connectivity index (χ4v) is 5.72. The minimum Gasteiger partial charge on any atom is -0.370 e. The summed E-state index contributed by atoms with van der Waals surface area (Å²) in [6.45, 7) is 8.52. The Kier molecular flexibility index (Phi) is 13.0. The summed E-state index contributed by atoms with van der Waals surface area (Å²) < 4.78 is 0. The number of nitrogens with one attached hydrogen (secondary N) is 3. The van der Waals surface area contributed by atoms with Crippen LogP contribution in [-0.2, 0) is 16.1 Å². The molecule has 0 saturated heterocycles. The molecule has 3 rings (SSSR count). The molecule has 234 valence electrons. The van der Waals surface area contributed by atoms with Crippen molar-refractivity contribution in [1.82, 2.24) is 16.0 Å². The van der Waals surface area contributed by atoms with Gasteiger partial charge in [0.15, 0.2) is 5.96 Å². The van der Waals surface area contributed by atoms with E-state index in [1.165, 1.54) is 11.1 Å². The first-order valence-electron chi connectivity index (χ1n) is 15.7. The maximum Gasteiger partial charge on any atom is 0.251 e. The summed E-state index contributed by atoms with van der Waals surface area (Å²) in [5, 5.41) is 9.20. The quantitative estimate of drug-likeness (QED) is 0.163. The molecule has 0 radical (unpaired) electrons. The lowest BCUT2D eigenvalue weighted by Gasteiger charge is -2.34. The molecule has 1 saturated carbocycles. The second-order valence-electron chi connectivity index (χ2n) is 12.2. The zero-order valence-electron chi connectivity index (χ0n) is 26.2. The van der Waals surface area contributed by atoms with E-state index < -0.39 is 12.1 Å². The molecule has 7 N–H and O–H groups in total. The molecule has 1 unspecified atom stereocenters. The van der Waals surface area contributed by atoms with Crippen LogP contribution in [0.5, 0.6) is 0 Å². The fourth-order valence-electron chi connectivity index (χ4n) is 5.72. The molecule has 1 aliphatic carbocycles. The Morgan fingerprint density at radius 2 is 1.67 bits per heavy atom. The summed E-state index contributed by atoms with van der Waals surface area (Å²) in [6.07, 6.45) is 6.75. The van der Waals surface area contributed by atoms with Gasteiger partial charge in [-0.1, -0.05) is 88.4 Å². The Balaban J connectivity index is 1.70. The van der Waals surface area contributed by atoms with E-state index in [4.69, 9.17) is 11.5 Å². The number of nitrogens with zero attached hydrogens (tertiary/aromatic N) is 1. The normalized spacial score (nSPS) is 17.9. The fraction of sp³-hybridized carbons (Fsp3) is 0.529. The van der Waals surface area contributed by atoms with Gasteiger partial charge in [-0.05, 0) is 61.8 Å². The molecular weight excluding hydrogens is 540 g/mol. The molecule has 0 bridgehead atoms. The van der Waals surface area contributed by atoms with Crippen molar-refractivity contribution in [2.75, 3.05) is 0 Å². The number of nitrogens with two attached hydrogens (primary N) is 2. The van der Waals surface area contributed by atoms with Crippen LogP contribution in [0.3, 0.4) is 0 Å². The van der Waals surface area contributed by atoms with Crippen molar-refractivity contribution in [1.29, 1.82) is 0 Å². The standard InChI is InChI=1S/C34H50N6O3/c1-5-6-13-29(39-31(41)25-17-15-24(16-18-25)21-37-34(35)36)32(42)40-30(19-22(2)3)33(43)38-28-14-8-7-12-27(28)26-11-9-10-23(4)20-26/h9-11,15-18,20,22,27-30H,5-8,12-14,19,21H2,1-4H3,(H,38,43)(H,39,41)(H,40,42)(H4,35,36,37)/t27-,28?,29-,30-/m0/s1. The number of benzene rings is 2. The SMILES string of the molecule is CCCC[C@H](NC(=O)c1ccc(CN=C(N)N)cc1)C(=O)N[C@@H](CC(C)C)C(=O)NC1CCCC[C@H]1c1cccc(C)c1. The molecule has 9 heteroatoms. The largest absolute Gasteiger partial charge is 0.370 e. The number of amides is 3. The van der Waals surface area contributed by atoms with Gasteiger partial charge in [-0.25, -0.2) is 4.99 Å². The van der Waals surface area contributed by atoms with Gasteiger partial charge in [-0.2, -0.15) is 0 Å². The third-order valence-electron chi connectivity index (χ3n) is 8.03. The minimum absolute atomic E-state index is 0.000821. The van der Waals surface area contributed by atoms with Crippen molar-refractivity contribution in [3.05, 3.63) is 70.8 Å². The van der Waals surface area contributed by atoms with Crippen LogP contribution in [-0.4, -0.2) is 41.8 Å². The highest BCUT2D eigenvalue weighted by molar-refractivity contribution is 5.98. The van der Waals surface area contributed by atoms with Gasteiger partial charge < -0.3 is 27.4 Å². The van der Waals surface area contributed by atoms with Crippen LogP contribution in [0.25, 0.3) is 0 Å². The van der Waals surface area contributed by atoms with Crippen LogP contribution in [0.15, 0.2) is 53.5 Å². The first-order chi connectivity index (χ1) is 20.6. The monoisotopic (exact) mass is 590 g/mol. The molecule has 1 fully saturated rings. The van der Waals surface area contributed by atoms with Crippen molar-refractivity contribution < 1.29 is 14.4 Å². The van der Waals surface area contributed by atoms with Crippen molar-refractivity contribution >= 4 is 23.7 Å². The zero-order valence-corrected chi connectivity index (χ0v) is 26.2. The van der Waals surface area contributed by atoms with Gasteiger partial charge >= 0.3 is 0 Å². The zero-order chi connectivity index (χ0) is 31.4. The number of unbranched alkanes of at least 4 members (excludes halogenated alkanes) is 1. The molecule has 4 atom stereocenters. The number of hydrogen-bond acceptors (Lipinski definition) is 4. The number of guanidine groups is 1. The smallest absolute Gasteiger partial charge is 0.251 e. The number of hydrogen-bond donors (Lipinski definition) is 5. The number of rotatable bonds is 14. The second-order valence-corrected chi connectivity index (χ2v) is 12.2. The van der Waals surface area contributed by atoms with Crippen LogP contribution < -0.4 is 27.4 Å². The lowest BCUT2D eigenvalue weighted by molar-refractivity contribution is -0.131. The van der Waals surface area contributed by atoms with Crippen molar-refractivity contribution in [2.45, 2.75) is 110 Å². The van der Waals surface area contributed by atoms with Crippen LogP contribution >= 0.6 is 0 Å². The summed E-state index contributed by atoms with van der Waals surface area (Å²) in [5.74, 6) is -0.417. The molecule has 0 aliphatic heterocycles. The number of aryl methyl sites for hydroxylation is 1. The topological polar surface area (TPSA) is 152 Å². The van der Waals surface area contributed by atoms with Crippen LogP contribution in [0.4, 0.5) is 0 Å². The summed E-state index contributed by atoms with van der Waals surface area (Å²) in [6, 6.07) is 14.0. The Morgan fingerprint density at radius 3 is 2.33 bits per heavy atom. The predicted octanol–water partition coefficient (Wildman–Crippen LogP) is 4.43. The van der Waals surface area contributed by atoms with E-state index in [-0.39, 0.29) is 41.6 Å². The van der Waals surface area contributed by atoms with Gasteiger partial charge in [0.2, 0.25) is 11.8 Å². The maximum atomic E-state index is 13.7. The maximum absolute atomic E-state index is 13.7. The van der Waals surface area contributed by atoms with E-state index in [9.17, 15) is 14.4 Å². The summed E-state index contributed by atoms with van der Waals surface area (Å²) in [4.78, 5) is 44.4. The lowest BCUT2D eigenvalue weighted by Crippen LogP contribution is -2.56. The molecule has 0 spiro atoms. The summed E-state index contributed by atoms with van der Waals surface area (Å²) >= 11 is 0. The van der Waals surface area contributed by atoms with Crippen molar-refractivity contribution in [3.63, 3.8) is 0 Å². The summed E-state index contributed by atoms with van der Waals surface area (Å²) in [5.41, 5.74) is 14.6. The molecule has 1 aliphatic rings. The van der Waals surface area contributed by atoms with Crippen LogP contribution in [0, 0.1) is 12.8 Å². The van der Waals surface area contributed by atoms with E-state index in [1.807, 2.05) is 20.8 Å². The molecule has 2 aromatic rings. The minimum atomic E-state index is -0.758. The van der Waals surface area contributed by atoms with E-state index >= 15 is 0 Å². The van der Waals surface area contributed by atoms with Gasteiger partial charge in [0, 0.05) is 17.5 Å². The van der Waals surface area contributed by atoms with Gasteiger partial charge in [0.1, 0.15) is 12.1 Å².